The van der Waals surface area contributed by atoms with Gasteiger partial charge in [-0.25, -0.2) is 9.97 Å². The summed E-state index contributed by atoms with van der Waals surface area (Å²) in [5.41, 5.74) is -0.124. The third kappa shape index (κ3) is 5.60. The Balaban J connectivity index is 1.49. The van der Waals surface area contributed by atoms with E-state index in [9.17, 15) is 22.8 Å². The average Bonchev–Trinajstić information content (AvgIpc) is 3.02. The maximum atomic E-state index is 13.0. The van der Waals surface area contributed by atoms with E-state index < -0.39 is 17.0 Å². The van der Waals surface area contributed by atoms with Crippen LogP contribution in [0.5, 0.6) is 0 Å². The van der Waals surface area contributed by atoms with Gasteiger partial charge in [-0.15, -0.1) is 23.1 Å². The van der Waals surface area contributed by atoms with Crippen molar-refractivity contribution in [2.75, 3.05) is 18.4 Å². The number of fused-ring (bicyclic) bond motifs is 1. The number of halogens is 3. The molecule has 0 saturated carbocycles. The van der Waals surface area contributed by atoms with E-state index in [-0.39, 0.29) is 30.4 Å². The molecule has 1 unspecified atom stereocenters. The van der Waals surface area contributed by atoms with Crippen LogP contribution in [-0.2, 0) is 16.7 Å². The highest BCUT2D eigenvalue weighted by molar-refractivity contribution is 7.99. The van der Waals surface area contributed by atoms with E-state index in [1.54, 1.807) is 6.92 Å². The number of nitrogens with zero attached hydrogens (tertiary/aromatic N) is 2. The third-order valence-electron chi connectivity index (χ3n) is 4.76. The number of pyridine rings is 1. The highest BCUT2D eigenvalue weighted by Crippen LogP contribution is 2.33. The first kappa shape index (κ1) is 24.1. The molecule has 0 aliphatic carbocycles. The SMILES string of the molecule is Cc1sc2nc(CSC(C)C(=O)NCCNc3ncccc3C(F)(F)F)[nH]c(=O)c2c1C. The van der Waals surface area contributed by atoms with Gasteiger partial charge in [0, 0.05) is 24.2 Å². The molecule has 0 radical (unpaired) electrons. The van der Waals surface area contributed by atoms with Crippen LogP contribution in [0.1, 0.15) is 28.8 Å². The summed E-state index contributed by atoms with van der Waals surface area (Å²) < 4.78 is 38.9. The molecule has 7 nitrogen and oxygen atoms in total. The fourth-order valence-electron chi connectivity index (χ4n) is 2.93. The first-order valence-corrected chi connectivity index (χ1v) is 11.6. The zero-order chi connectivity index (χ0) is 23.5. The van der Waals surface area contributed by atoms with E-state index >= 15 is 0 Å². The van der Waals surface area contributed by atoms with Crippen molar-refractivity contribution in [2.24, 2.45) is 0 Å². The Kier molecular flexibility index (Phi) is 7.44. The summed E-state index contributed by atoms with van der Waals surface area (Å²) in [6, 6.07) is 2.16. The Morgan fingerprint density at radius 2 is 2.06 bits per heavy atom. The van der Waals surface area contributed by atoms with Crippen molar-refractivity contribution in [1.29, 1.82) is 0 Å². The van der Waals surface area contributed by atoms with Gasteiger partial charge >= 0.3 is 6.18 Å². The molecule has 3 aromatic rings. The van der Waals surface area contributed by atoms with Crippen LogP contribution in [0.4, 0.5) is 19.0 Å². The Hall–Kier alpha value is -2.60. The number of H-pyrrole nitrogens is 1. The lowest BCUT2D eigenvalue weighted by atomic mass is 10.2. The predicted octanol–water partition coefficient (Wildman–Crippen LogP) is 3.87. The van der Waals surface area contributed by atoms with Crippen LogP contribution < -0.4 is 16.2 Å². The van der Waals surface area contributed by atoms with Gasteiger partial charge in [0.2, 0.25) is 5.91 Å². The molecule has 3 heterocycles. The van der Waals surface area contributed by atoms with Crippen molar-refractivity contribution in [3.63, 3.8) is 0 Å². The number of nitrogens with one attached hydrogen (secondary N) is 3. The van der Waals surface area contributed by atoms with Crippen molar-refractivity contribution in [3.8, 4) is 0 Å². The van der Waals surface area contributed by atoms with E-state index in [0.29, 0.717) is 21.8 Å². The van der Waals surface area contributed by atoms with Crippen molar-refractivity contribution >= 4 is 45.0 Å². The van der Waals surface area contributed by atoms with Crippen LogP contribution in [0.2, 0.25) is 0 Å². The van der Waals surface area contributed by atoms with Crippen molar-refractivity contribution < 1.29 is 18.0 Å². The van der Waals surface area contributed by atoms with Crippen LogP contribution in [-0.4, -0.2) is 39.2 Å². The van der Waals surface area contributed by atoms with Gasteiger partial charge in [-0.1, -0.05) is 0 Å². The van der Waals surface area contributed by atoms with Gasteiger partial charge in [0.1, 0.15) is 16.5 Å². The van der Waals surface area contributed by atoms with Gasteiger partial charge in [0.15, 0.2) is 0 Å². The lowest BCUT2D eigenvalue weighted by Crippen LogP contribution is -2.34. The van der Waals surface area contributed by atoms with Crippen LogP contribution in [0.3, 0.4) is 0 Å². The highest BCUT2D eigenvalue weighted by Gasteiger charge is 2.33. The molecule has 1 atom stereocenters. The number of rotatable bonds is 8. The predicted molar refractivity (Wildman–Crippen MR) is 121 cm³/mol. The summed E-state index contributed by atoms with van der Waals surface area (Å²) in [4.78, 5) is 37.3. The first-order chi connectivity index (χ1) is 15.1. The molecule has 172 valence electrons. The minimum absolute atomic E-state index is 0.0891. The molecule has 0 bridgehead atoms. The van der Waals surface area contributed by atoms with Gasteiger partial charge in [-0.3, -0.25) is 9.59 Å². The van der Waals surface area contributed by atoms with E-state index in [1.807, 2.05) is 13.8 Å². The molecule has 0 spiro atoms. The minimum Gasteiger partial charge on any atom is -0.368 e. The van der Waals surface area contributed by atoms with Gasteiger partial charge in [0.25, 0.3) is 5.56 Å². The molecule has 0 aliphatic heterocycles. The van der Waals surface area contributed by atoms with E-state index in [1.165, 1.54) is 35.4 Å². The Labute approximate surface area is 190 Å². The second kappa shape index (κ2) is 9.90. The summed E-state index contributed by atoms with van der Waals surface area (Å²) in [6.45, 7) is 5.76. The lowest BCUT2D eigenvalue weighted by molar-refractivity contribution is -0.137. The van der Waals surface area contributed by atoms with E-state index in [4.69, 9.17) is 0 Å². The number of thioether (sulfide) groups is 1. The molecule has 0 fully saturated rings. The molecule has 0 saturated heterocycles. The van der Waals surface area contributed by atoms with Gasteiger partial charge in [-0.2, -0.15) is 13.2 Å². The van der Waals surface area contributed by atoms with Crippen molar-refractivity contribution in [3.05, 3.63) is 50.5 Å². The summed E-state index contributed by atoms with van der Waals surface area (Å²) in [5, 5.41) is 5.43. The second-order valence-corrected chi connectivity index (χ2v) is 9.58. The van der Waals surface area contributed by atoms with Gasteiger partial charge < -0.3 is 15.6 Å². The fourth-order valence-corrected chi connectivity index (χ4v) is 4.76. The molecule has 32 heavy (non-hydrogen) atoms. The molecule has 3 rings (SSSR count). The Morgan fingerprint density at radius 1 is 1.31 bits per heavy atom. The first-order valence-electron chi connectivity index (χ1n) is 9.72. The maximum Gasteiger partial charge on any atom is 0.419 e. The Bertz CT molecular complexity index is 1180. The molecule has 12 heteroatoms. The number of aromatic nitrogens is 3. The van der Waals surface area contributed by atoms with Gasteiger partial charge in [0.05, 0.1) is 22.0 Å². The number of thiophene rings is 1. The second-order valence-electron chi connectivity index (χ2n) is 7.04. The highest BCUT2D eigenvalue weighted by atomic mass is 32.2. The summed E-state index contributed by atoms with van der Waals surface area (Å²) in [7, 11) is 0. The fraction of sp³-hybridized carbons (Fsp3) is 0.400. The smallest absolute Gasteiger partial charge is 0.368 e. The average molecular weight is 486 g/mol. The molecule has 0 aromatic carbocycles. The van der Waals surface area contributed by atoms with Crippen LogP contribution >= 0.6 is 23.1 Å². The third-order valence-corrected chi connectivity index (χ3v) is 7.01. The zero-order valence-corrected chi connectivity index (χ0v) is 19.2. The van der Waals surface area contributed by atoms with Crippen LogP contribution in [0, 0.1) is 13.8 Å². The standard InChI is InChI=1S/C20H22F3N5O2S2/c1-10-11(2)32-19-15(10)18(30)27-14(28-19)9-31-12(3)17(29)26-8-7-25-16-13(20(21,22)23)5-4-6-24-16/h4-6,12H,7-9H2,1-3H3,(H,24,25)(H,26,29)(H,27,28,30). The van der Waals surface area contributed by atoms with Crippen LogP contribution in [0.15, 0.2) is 23.1 Å². The van der Waals surface area contributed by atoms with Crippen molar-refractivity contribution in [2.45, 2.75) is 38.0 Å². The molecule has 3 aromatic heterocycles. The summed E-state index contributed by atoms with van der Waals surface area (Å²) >= 11 is 2.76. The number of alkyl halides is 3. The lowest BCUT2D eigenvalue weighted by Gasteiger charge is -2.14. The Morgan fingerprint density at radius 3 is 2.78 bits per heavy atom. The van der Waals surface area contributed by atoms with Gasteiger partial charge in [-0.05, 0) is 38.5 Å². The topological polar surface area (TPSA) is 99.8 Å². The monoisotopic (exact) mass is 485 g/mol. The van der Waals surface area contributed by atoms with Crippen LogP contribution in [0.25, 0.3) is 10.2 Å². The molecular weight excluding hydrogens is 463 g/mol. The maximum absolute atomic E-state index is 13.0. The molecular formula is C20H22F3N5O2S2. The number of aryl methyl sites for hydroxylation is 2. The van der Waals surface area contributed by atoms with E-state index in [2.05, 4.69) is 25.6 Å². The normalized spacial score (nSPS) is 12.7. The number of anilines is 1. The number of amides is 1. The number of carbonyl (C=O) groups is 1. The quantitative estimate of drug-likeness (QED) is 0.419. The minimum atomic E-state index is -4.51. The number of aromatic amines is 1. The summed E-state index contributed by atoms with van der Waals surface area (Å²) in [5.74, 6) is 0.294. The molecule has 3 N–H and O–H groups in total. The number of hydrogen-bond donors (Lipinski definition) is 3. The summed E-state index contributed by atoms with van der Waals surface area (Å²) in [6.07, 6.45) is -3.24. The van der Waals surface area contributed by atoms with E-state index in [0.717, 1.165) is 16.5 Å². The molecule has 1 amide bonds. The largest absolute Gasteiger partial charge is 0.419 e. The zero-order valence-electron chi connectivity index (χ0n) is 17.6. The number of hydrogen-bond acceptors (Lipinski definition) is 7. The number of carbonyl (C=O) groups excluding carboxylic acids is 1. The molecule has 0 aliphatic rings. The van der Waals surface area contributed by atoms with Crippen molar-refractivity contribution in [1.82, 2.24) is 20.3 Å².